The van der Waals surface area contributed by atoms with Crippen molar-refractivity contribution in [2.75, 3.05) is 6.61 Å². The Morgan fingerprint density at radius 2 is 2.12 bits per heavy atom. The molecule has 0 saturated carbocycles. The highest BCUT2D eigenvalue weighted by atomic mass is 35.5. The van der Waals surface area contributed by atoms with E-state index >= 15 is 0 Å². The minimum absolute atomic E-state index is 0.352. The van der Waals surface area contributed by atoms with Crippen molar-refractivity contribution in [1.82, 2.24) is 4.98 Å². The maximum atomic E-state index is 9.73. The molecule has 2 heterocycles. The second-order valence-corrected chi connectivity index (χ2v) is 4.09. The van der Waals surface area contributed by atoms with Gasteiger partial charge in [-0.1, -0.05) is 11.6 Å². The molecule has 1 aliphatic heterocycles. The highest BCUT2D eigenvalue weighted by Gasteiger charge is 2.43. The highest BCUT2D eigenvalue weighted by Crippen LogP contribution is 2.33. The Morgan fingerprint density at radius 1 is 1.38 bits per heavy atom. The fraction of sp³-hybridized carbons (Fsp3) is 0.500. The summed E-state index contributed by atoms with van der Waals surface area (Å²) in [6.07, 6.45) is -2.28. The largest absolute Gasteiger partial charge is 0.394 e. The minimum atomic E-state index is -1.12. The van der Waals surface area contributed by atoms with Crippen molar-refractivity contribution in [1.29, 1.82) is 0 Å². The van der Waals surface area contributed by atoms with Crippen LogP contribution in [0, 0.1) is 0 Å². The molecule has 1 aromatic rings. The van der Waals surface area contributed by atoms with Gasteiger partial charge in [-0.3, -0.25) is 4.98 Å². The molecule has 88 valence electrons. The van der Waals surface area contributed by atoms with E-state index in [1.165, 1.54) is 6.20 Å². The van der Waals surface area contributed by atoms with Crippen LogP contribution in [0.3, 0.4) is 0 Å². The van der Waals surface area contributed by atoms with Gasteiger partial charge in [0.05, 0.1) is 12.3 Å². The van der Waals surface area contributed by atoms with Gasteiger partial charge in [0.2, 0.25) is 0 Å². The molecule has 16 heavy (non-hydrogen) atoms. The van der Waals surface area contributed by atoms with Crippen molar-refractivity contribution in [3.63, 3.8) is 0 Å². The van der Waals surface area contributed by atoms with Crippen molar-refractivity contribution in [3.8, 4) is 0 Å². The SMILES string of the molecule is OC[C@H]1OC(c2cc(Cl)ccn2)[C@H](O)[C@@H]1O. The van der Waals surface area contributed by atoms with E-state index in [2.05, 4.69) is 4.98 Å². The number of ether oxygens (including phenoxy) is 1. The van der Waals surface area contributed by atoms with Gasteiger partial charge < -0.3 is 20.1 Å². The number of pyridine rings is 1. The summed E-state index contributed by atoms with van der Waals surface area (Å²) in [6, 6.07) is 3.16. The molecule has 0 amide bonds. The molecule has 0 spiro atoms. The summed E-state index contributed by atoms with van der Waals surface area (Å²) in [5, 5.41) is 28.7. The average Bonchev–Trinajstić information content (AvgIpc) is 2.56. The lowest BCUT2D eigenvalue weighted by Gasteiger charge is -2.13. The zero-order valence-corrected chi connectivity index (χ0v) is 9.08. The highest BCUT2D eigenvalue weighted by molar-refractivity contribution is 6.30. The topological polar surface area (TPSA) is 82.8 Å². The lowest BCUT2D eigenvalue weighted by molar-refractivity contribution is -0.0239. The van der Waals surface area contributed by atoms with Crippen LogP contribution in [0.2, 0.25) is 5.02 Å². The summed E-state index contributed by atoms with van der Waals surface area (Å²) in [7, 11) is 0. The van der Waals surface area contributed by atoms with Crippen LogP contribution in [0.15, 0.2) is 18.3 Å². The van der Waals surface area contributed by atoms with Crippen molar-refractivity contribution < 1.29 is 20.1 Å². The van der Waals surface area contributed by atoms with E-state index in [9.17, 15) is 10.2 Å². The number of rotatable bonds is 2. The first-order valence-corrected chi connectivity index (χ1v) is 5.25. The molecular formula is C10H12ClNO4. The molecule has 0 aliphatic carbocycles. The van der Waals surface area contributed by atoms with E-state index in [1.54, 1.807) is 12.1 Å². The van der Waals surface area contributed by atoms with Crippen LogP contribution in [-0.2, 0) is 4.74 Å². The van der Waals surface area contributed by atoms with Gasteiger partial charge in [-0.15, -0.1) is 0 Å². The molecular weight excluding hydrogens is 234 g/mol. The molecule has 1 aromatic heterocycles. The Labute approximate surface area is 97.3 Å². The zero-order valence-electron chi connectivity index (χ0n) is 8.32. The van der Waals surface area contributed by atoms with Crippen molar-refractivity contribution in [2.45, 2.75) is 24.4 Å². The summed E-state index contributed by atoms with van der Waals surface area (Å²) in [6.45, 7) is -0.352. The average molecular weight is 246 g/mol. The molecule has 1 fully saturated rings. The van der Waals surface area contributed by atoms with Gasteiger partial charge in [-0.25, -0.2) is 0 Å². The molecule has 6 heteroatoms. The minimum Gasteiger partial charge on any atom is -0.394 e. The van der Waals surface area contributed by atoms with Crippen LogP contribution in [0.4, 0.5) is 0 Å². The van der Waals surface area contributed by atoms with Gasteiger partial charge in [0.1, 0.15) is 24.4 Å². The van der Waals surface area contributed by atoms with E-state index in [1.807, 2.05) is 0 Å². The van der Waals surface area contributed by atoms with E-state index in [4.69, 9.17) is 21.4 Å². The maximum Gasteiger partial charge on any atom is 0.128 e. The van der Waals surface area contributed by atoms with E-state index in [0.29, 0.717) is 10.7 Å². The number of halogens is 1. The molecule has 1 saturated heterocycles. The number of aliphatic hydroxyl groups excluding tert-OH is 3. The molecule has 1 aliphatic rings. The van der Waals surface area contributed by atoms with Gasteiger partial charge in [0, 0.05) is 11.2 Å². The fourth-order valence-corrected chi connectivity index (χ4v) is 1.89. The molecule has 0 aromatic carbocycles. The van der Waals surface area contributed by atoms with Crippen LogP contribution >= 0.6 is 11.6 Å². The standard InChI is InChI=1S/C10H12ClNO4/c11-5-1-2-12-6(3-5)10-9(15)8(14)7(4-13)16-10/h1-3,7-10,13-15H,4H2/t7-,8-,9-,10?/m1/s1. The number of hydrogen-bond acceptors (Lipinski definition) is 5. The summed E-state index contributed by atoms with van der Waals surface area (Å²) < 4.78 is 5.31. The molecule has 0 bridgehead atoms. The quantitative estimate of drug-likeness (QED) is 0.677. The molecule has 1 unspecified atom stereocenters. The fourth-order valence-electron chi connectivity index (χ4n) is 1.72. The second kappa shape index (κ2) is 4.65. The van der Waals surface area contributed by atoms with Gasteiger partial charge >= 0.3 is 0 Å². The van der Waals surface area contributed by atoms with Gasteiger partial charge in [0.15, 0.2) is 0 Å². The summed E-state index contributed by atoms with van der Waals surface area (Å²) >= 11 is 5.79. The molecule has 4 atom stereocenters. The van der Waals surface area contributed by atoms with Gasteiger partial charge in [-0.05, 0) is 12.1 Å². The van der Waals surface area contributed by atoms with Gasteiger partial charge in [-0.2, -0.15) is 0 Å². The first-order chi connectivity index (χ1) is 7.63. The Kier molecular flexibility index (Phi) is 3.41. The number of hydrogen-bond donors (Lipinski definition) is 3. The molecule has 2 rings (SSSR count). The Balaban J connectivity index is 2.23. The number of nitrogens with zero attached hydrogens (tertiary/aromatic N) is 1. The van der Waals surface area contributed by atoms with Crippen LogP contribution < -0.4 is 0 Å². The van der Waals surface area contributed by atoms with E-state index in [-0.39, 0.29) is 6.61 Å². The van der Waals surface area contributed by atoms with Crippen molar-refractivity contribution in [3.05, 3.63) is 29.0 Å². The van der Waals surface area contributed by atoms with E-state index in [0.717, 1.165) is 0 Å². The van der Waals surface area contributed by atoms with Crippen molar-refractivity contribution in [2.24, 2.45) is 0 Å². The lowest BCUT2D eigenvalue weighted by Crippen LogP contribution is -2.32. The smallest absolute Gasteiger partial charge is 0.128 e. The maximum absolute atomic E-state index is 9.73. The van der Waals surface area contributed by atoms with Crippen LogP contribution in [0.25, 0.3) is 0 Å². The van der Waals surface area contributed by atoms with Gasteiger partial charge in [0.25, 0.3) is 0 Å². The van der Waals surface area contributed by atoms with E-state index < -0.39 is 24.4 Å². The van der Waals surface area contributed by atoms with Crippen LogP contribution in [0.5, 0.6) is 0 Å². The first-order valence-electron chi connectivity index (χ1n) is 4.87. The lowest BCUT2D eigenvalue weighted by atomic mass is 10.1. The second-order valence-electron chi connectivity index (χ2n) is 3.66. The van der Waals surface area contributed by atoms with Crippen LogP contribution in [-0.4, -0.2) is 45.2 Å². The first kappa shape index (κ1) is 11.8. The molecule has 0 radical (unpaired) electrons. The Morgan fingerprint density at radius 3 is 2.69 bits per heavy atom. The molecule has 5 nitrogen and oxygen atoms in total. The summed E-state index contributed by atoms with van der Waals surface area (Å²) in [5.74, 6) is 0. The van der Waals surface area contributed by atoms with Crippen molar-refractivity contribution >= 4 is 11.6 Å². The summed E-state index contributed by atoms with van der Waals surface area (Å²) in [5.41, 5.74) is 0.440. The predicted octanol–water partition coefficient (Wildman–Crippen LogP) is -0.111. The Bertz CT molecular complexity index is 376. The number of aliphatic hydroxyl groups is 3. The third-order valence-electron chi connectivity index (χ3n) is 2.58. The third-order valence-corrected chi connectivity index (χ3v) is 2.81. The monoisotopic (exact) mass is 245 g/mol. The number of aromatic nitrogens is 1. The third kappa shape index (κ3) is 2.05. The summed E-state index contributed by atoms with van der Waals surface area (Å²) in [4.78, 5) is 4.01. The molecule has 3 N–H and O–H groups in total. The van der Waals surface area contributed by atoms with Crippen LogP contribution in [0.1, 0.15) is 11.8 Å². The Hall–Kier alpha value is -0.720. The predicted molar refractivity (Wildman–Crippen MR) is 56.0 cm³/mol. The zero-order chi connectivity index (χ0) is 11.7. The normalized spacial score (nSPS) is 34.2.